The van der Waals surface area contributed by atoms with Crippen molar-refractivity contribution in [2.45, 2.75) is 0 Å². The Hall–Kier alpha value is -2.49. The van der Waals surface area contributed by atoms with Gasteiger partial charge in [-0.15, -0.1) is 0 Å². The molecule has 18 heavy (non-hydrogen) atoms. The highest BCUT2D eigenvalue weighted by atomic mass is 19.1. The van der Waals surface area contributed by atoms with Crippen molar-refractivity contribution in [1.82, 2.24) is 0 Å². The number of halogens is 1. The standard InChI is InChI=1S/C14H10FNO2/c15-13-3-1-2-12(10-13)5-4-11-6-8-14(9-7-11)16(17)18/h1-10H. The Balaban J connectivity index is 2.16. The molecule has 0 heterocycles. The lowest BCUT2D eigenvalue weighted by Crippen LogP contribution is -1.86. The first-order chi connectivity index (χ1) is 8.65. The van der Waals surface area contributed by atoms with E-state index in [0.29, 0.717) is 0 Å². The summed E-state index contributed by atoms with van der Waals surface area (Å²) in [5.41, 5.74) is 1.62. The van der Waals surface area contributed by atoms with Gasteiger partial charge in [-0.05, 0) is 35.4 Å². The minimum atomic E-state index is -0.444. The molecule has 0 atom stereocenters. The van der Waals surface area contributed by atoms with Crippen molar-refractivity contribution < 1.29 is 9.31 Å². The lowest BCUT2D eigenvalue weighted by molar-refractivity contribution is -0.384. The number of nitrogens with zero attached hydrogens (tertiary/aromatic N) is 1. The Labute approximate surface area is 103 Å². The van der Waals surface area contributed by atoms with Crippen molar-refractivity contribution >= 4 is 17.8 Å². The summed E-state index contributed by atoms with van der Waals surface area (Å²) >= 11 is 0. The second kappa shape index (κ2) is 5.23. The molecule has 0 spiro atoms. The minimum absolute atomic E-state index is 0.0536. The maximum atomic E-state index is 12.9. The molecule has 0 unspecified atom stereocenters. The average Bonchev–Trinajstić information content (AvgIpc) is 2.37. The Morgan fingerprint density at radius 3 is 2.28 bits per heavy atom. The number of nitro benzene ring substituents is 1. The zero-order valence-corrected chi connectivity index (χ0v) is 9.42. The summed E-state index contributed by atoms with van der Waals surface area (Å²) in [5.74, 6) is -0.291. The third kappa shape index (κ3) is 3.01. The van der Waals surface area contributed by atoms with Crippen molar-refractivity contribution in [1.29, 1.82) is 0 Å². The van der Waals surface area contributed by atoms with Gasteiger partial charge in [0.15, 0.2) is 0 Å². The van der Waals surface area contributed by atoms with Crippen molar-refractivity contribution in [2.75, 3.05) is 0 Å². The number of benzene rings is 2. The van der Waals surface area contributed by atoms with E-state index in [1.54, 1.807) is 36.4 Å². The molecule has 0 saturated carbocycles. The maximum absolute atomic E-state index is 12.9. The van der Waals surface area contributed by atoms with Crippen molar-refractivity contribution in [3.8, 4) is 0 Å². The van der Waals surface area contributed by atoms with Gasteiger partial charge in [-0.3, -0.25) is 10.1 Å². The molecule has 3 nitrogen and oxygen atoms in total. The molecule has 0 fully saturated rings. The van der Waals surface area contributed by atoms with Gasteiger partial charge in [0.2, 0.25) is 0 Å². The first kappa shape index (κ1) is 12.0. The Bertz CT molecular complexity index is 591. The molecule has 0 aliphatic carbocycles. The van der Waals surface area contributed by atoms with Gasteiger partial charge in [-0.25, -0.2) is 4.39 Å². The summed E-state index contributed by atoms with van der Waals surface area (Å²) in [5, 5.41) is 10.5. The van der Waals surface area contributed by atoms with Crippen molar-refractivity contribution in [2.24, 2.45) is 0 Å². The minimum Gasteiger partial charge on any atom is -0.258 e. The van der Waals surface area contributed by atoms with Crippen LogP contribution in [0.3, 0.4) is 0 Å². The van der Waals surface area contributed by atoms with E-state index in [-0.39, 0.29) is 11.5 Å². The number of hydrogen-bond acceptors (Lipinski definition) is 2. The number of rotatable bonds is 3. The van der Waals surface area contributed by atoms with Gasteiger partial charge in [-0.2, -0.15) is 0 Å². The molecule has 0 radical (unpaired) electrons. The molecule has 0 aliphatic heterocycles. The van der Waals surface area contributed by atoms with Gasteiger partial charge in [0, 0.05) is 12.1 Å². The van der Waals surface area contributed by atoms with Crippen LogP contribution in [0, 0.1) is 15.9 Å². The van der Waals surface area contributed by atoms with Gasteiger partial charge >= 0.3 is 0 Å². The molecule has 0 aromatic heterocycles. The summed E-state index contributed by atoms with van der Waals surface area (Å²) in [6, 6.07) is 12.4. The summed E-state index contributed by atoms with van der Waals surface area (Å²) in [6.07, 6.45) is 3.53. The van der Waals surface area contributed by atoms with E-state index in [1.165, 1.54) is 24.3 Å². The average molecular weight is 243 g/mol. The maximum Gasteiger partial charge on any atom is 0.269 e. The van der Waals surface area contributed by atoms with Crippen LogP contribution in [-0.2, 0) is 0 Å². The van der Waals surface area contributed by atoms with Gasteiger partial charge in [0.05, 0.1) is 4.92 Å². The van der Waals surface area contributed by atoms with Crippen molar-refractivity contribution in [3.05, 3.63) is 75.6 Å². The molecule has 2 aromatic carbocycles. The smallest absolute Gasteiger partial charge is 0.258 e. The fraction of sp³-hybridized carbons (Fsp3) is 0. The lowest BCUT2D eigenvalue weighted by Gasteiger charge is -1.95. The molecule has 0 bridgehead atoms. The number of non-ortho nitro benzene ring substituents is 1. The normalized spacial score (nSPS) is 10.7. The van der Waals surface area contributed by atoms with E-state index in [1.807, 2.05) is 0 Å². The fourth-order valence-electron chi connectivity index (χ4n) is 1.51. The van der Waals surface area contributed by atoms with Crippen LogP contribution < -0.4 is 0 Å². The predicted octanol–water partition coefficient (Wildman–Crippen LogP) is 3.90. The number of hydrogen-bond donors (Lipinski definition) is 0. The van der Waals surface area contributed by atoms with Crippen LogP contribution in [0.2, 0.25) is 0 Å². The van der Waals surface area contributed by atoms with Crippen LogP contribution in [-0.4, -0.2) is 4.92 Å². The van der Waals surface area contributed by atoms with Crippen LogP contribution in [0.15, 0.2) is 48.5 Å². The Morgan fingerprint density at radius 2 is 1.67 bits per heavy atom. The van der Waals surface area contributed by atoms with Crippen LogP contribution in [0.1, 0.15) is 11.1 Å². The zero-order chi connectivity index (χ0) is 13.0. The Kier molecular flexibility index (Phi) is 3.48. The molecule has 90 valence electrons. The van der Waals surface area contributed by atoms with E-state index >= 15 is 0 Å². The largest absolute Gasteiger partial charge is 0.269 e. The Morgan fingerprint density at radius 1 is 1.00 bits per heavy atom. The van der Waals surface area contributed by atoms with E-state index in [0.717, 1.165) is 11.1 Å². The third-order valence-electron chi connectivity index (χ3n) is 2.42. The molecular weight excluding hydrogens is 233 g/mol. The summed E-state index contributed by atoms with van der Waals surface area (Å²) in [6.45, 7) is 0. The highest BCUT2D eigenvalue weighted by molar-refractivity contribution is 5.69. The fourth-order valence-corrected chi connectivity index (χ4v) is 1.51. The van der Waals surface area contributed by atoms with Gasteiger partial charge in [-0.1, -0.05) is 24.3 Å². The summed E-state index contributed by atoms with van der Waals surface area (Å²) < 4.78 is 12.9. The topological polar surface area (TPSA) is 43.1 Å². The van der Waals surface area contributed by atoms with Crippen LogP contribution in [0.4, 0.5) is 10.1 Å². The van der Waals surface area contributed by atoms with Gasteiger partial charge in [0.25, 0.3) is 5.69 Å². The first-order valence-electron chi connectivity index (χ1n) is 5.33. The molecular formula is C14H10FNO2. The summed E-state index contributed by atoms with van der Waals surface area (Å²) in [4.78, 5) is 10.0. The second-order valence-corrected chi connectivity index (χ2v) is 3.74. The first-order valence-corrected chi connectivity index (χ1v) is 5.33. The van der Waals surface area contributed by atoms with E-state index in [4.69, 9.17) is 0 Å². The molecule has 0 aliphatic rings. The number of nitro groups is 1. The molecule has 0 saturated heterocycles. The second-order valence-electron chi connectivity index (χ2n) is 3.74. The summed E-state index contributed by atoms with van der Waals surface area (Å²) in [7, 11) is 0. The molecule has 2 aromatic rings. The predicted molar refractivity (Wildman–Crippen MR) is 68.4 cm³/mol. The molecule has 4 heteroatoms. The van der Waals surface area contributed by atoms with E-state index in [2.05, 4.69) is 0 Å². The van der Waals surface area contributed by atoms with Crippen molar-refractivity contribution in [3.63, 3.8) is 0 Å². The van der Waals surface area contributed by atoms with Crippen LogP contribution >= 0.6 is 0 Å². The van der Waals surface area contributed by atoms with E-state index < -0.39 is 4.92 Å². The third-order valence-corrected chi connectivity index (χ3v) is 2.42. The van der Waals surface area contributed by atoms with Gasteiger partial charge in [0.1, 0.15) is 5.82 Å². The molecule has 0 N–H and O–H groups in total. The SMILES string of the molecule is O=[N+]([O-])c1ccc(C=Cc2cccc(F)c2)cc1. The highest BCUT2D eigenvalue weighted by Crippen LogP contribution is 2.14. The van der Waals surface area contributed by atoms with Crippen LogP contribution in [0.5, 0.6) is 0 Å². The van der Waals surface area contributed by atoms with E-state index in [9.17, 15) is 14.5 Å². The zero-order valence-electron chi connectivity index (χ0n) is 9.42. The molecule has 2 rings (SSSR count). The lowest BCUT2D eigenvalue weighted by atomic mass is 10.1. The van der Waals surface area contributed by atoms with Crippen LogP contribution in [0.25, 0.3) is 12.2 Å². The monoisotopic (exact) mass is 243 g/mol. The quantitative estimate of drug-likeness (QED) is 0.466. The van der Waals surface area contributed by atoms with Gasteiger partial charge < -0.3 is 0 Å². The highest BCUT2D eigenvalue weighted by Gasteiger charge is 2.02. The molecule has 0 amide bonds.